The fourth-order valence-electron chi connectivity index (χ4n) is 1.69. The van der Waals surface area contributed by atoms with Crippen molar-refractivity contribution in [2.45, 2.75) is 11.3 Å². The van der Waals surface area contributed by atoms with Gasteiger partial charge < -0.3 is 10.1 Å². The molecular weight excluding hydrogens is 320 g/mol. The van der Waals surface area contributed by atoms with Crippen LogP contribution in [0.15, 0.2) is 34.7 Å². The average molecular weight is 336 g/mol. The molecule has 0 aliphatic rings. The number of nitrogens with zero attached hydrogens (tertiary/aromatic N) is 1. The Kier molecular flexibility index (Phi) is 5.97. The first-order valence-electron chi connectivity index (χ1n) is 6.72. The smallest absolute Gasteiger partial charge is 0.350 e. The van der Waals surface area contributed by atoms with Gasteiger partial charge in [-0.05, 0) is 6.92 Å². The van der Waals surface area contributed by atoms with Crippen LogP contribution in [0.25, 0.3) is 11.3 Å². The summed E-state index contributed by atoms with van der Waals surface area (Å²) in [6.07, 6.45) is 0. The normalized spacial score (nSPS) is 10.3. The summed E-state index contributed by atoms with van der Waals surface area (Å²) < 4.78 is 5.76. The van der Waals surface area contributed by atoms with E-state index in [1.165, 1.54) is 23.1 Å². The number of nitrogens with one attached hydrogen (secondary N) is 1. The largest absolute Gasteiger partial charge is 0.462 e. The quantitative estimate of drug-likeness (QED) is 0.649. The van der Waals surface area contributed by atoms with Gasteiger partial charge in [-0.3, -0.25) is 4.79 Å². The molecule has 1 amide bonds. The van der Waals surface area contributed by atoms with Gasteiger partial charge in [0, 0.05) is 12.6 Å². The molecule has 0 atom stereocenters. The van der Waals surface area contributed by atoms with Crippen molar-refractivity contribution < 1.29 is 14.3 Å². The average Bonchev–Trinajstić information content (AvgIpc) is 2.98. The number of carbonyl (C=O) groups is 2. The highest BCUT2D eigenvalue weighted by Gasteiger charge is 2.21. The number of thiazole rings is 1. The number of hydrogen-bond donors (Lipinski definition) is 1. The molecule has 0 aliphatic carbocycles. The second-order valence-electron chi connectivity index (χ2n) is 4.21. The first-order valence-corrected chi connectivity index (χ1v) is 8.52. The zero-order valence-corrected chi connectivity index (χ0v) is 13.9. The van der Waals surface area contributed by atoms with Crippen LogP contribution in [0.1, 0.15) is 16.6 Å². The van der Waals surface area contributed by atoms with Crippen molar-refractivity contribution in [1.29, 1.82) is 0 Å². The molecule has 0 aliphatic heterocycles. The lowest BCUT2D eigenvalue weighted by atomic mass is 10.1. The van der Waals surface area contributed by atoms with E-state index >= 15 is 0 Å². The summed E-state index contributed by atoms with van der Waals surface area (Å²) in [5.41, 5.74) is 1.46. The molecule has 1 N–H and O–H groups in total. The van der Waals surface area contributed by atoms with E-state index in [9.17, 15) is 9.59 Å². The van der Waals surface area contributed by atoms with Gasteiger partial charge in [-0.25, -0.2) is 9.78 Å². The number of rotatable bonds is 6. The molecule has 0 saturated heterocycles. The highest BCUT2D eigenvalue weighted by Crippen LogP contribution is 2.33. The van der Waals surface area contributed by atoms with Crippen molar-refractivity contribution in [3.63, 3.8) is 0 Å². The van der Waals surface area contributed by atoms with Gasteiger partial charge in [-0.2, -0.15) is 0 Å². The van der Waals surface area contributed by atoms with Crippen LogP contribution < -0.4 is 5.32 Å². The van der Waals surface area contributed by atoms with Crippen LogP contribution in [-0.2, 0) is 9.53 Å². The molecule has 2 aromatic rings. The number of amides is 1. The molecule has 116 valence electrons. The summed E-state index contributed by atoms with van der Waals surface area (Å²) in [6.45, 7) is 2.08. The Balaban J connectivity index is 2.31. The number of esters is 1. The number of thioether (sulfide) groups is 1. The molecule has 0 radical (unpaired) electrons. The van der Waals surface area contributed by atoms with Crippen molar-refractivity contribution >= 4 is 35.0 Å². The third-order valence-electron chi connectivity index (χ3n) is 2.72. The topological polar surface area (TPSA) is 68.3 Å². The predicted octanol–water partition coefficient (Wildman–Crippen LogP) is 2.82. The number of benzene rings is 1. The number of carbonyl (C=O) groups excluding carboxylic acids is 2. The van der Waals surface area contributed by atoms with Crippen molar-refractivity contribution in [2.75, 3.05) is 19.4 Å². The number of aromatic nitrogens is 1. The maximum atomic E-state index is 12.1. The van der Waals surface area contributed by atoms with E-state index in [1.807, 2.05) is 30.3 Å². The van der Waals surface area contributed by atoms with Crippen molar-refractivity contribution in [2.24, 2.45) is 0 Å². The standard InChI is InChI=1S/C15H16N2O3S2/c1-3-20-14(19)13-12(10-7-5-4-6-8-10)17-15(22-13)21-9-11(18)16-2/h4-8H,3,9H2,1-2H3,(H,16,18). The van der Waals surface area contributed by atoms with Gasteiger partial charge in [0.25, 0.3) is 0 Å². The lowest BCUT2D eigenvalue weighted by Crippen LogP contribution is -2.19. The molecule has 7 heteroatoms. The summed E-state index contributed by atoms with van der Waals surface area (Å²) in [6, 6.07) is 9.47. The molecule has 2 rings (SSSR count). The maximum absolute atomic E-state index is 12.1. The highest BCUT2D eigenvalue weighted by molar-refractivity contribution is 8.01. The lowest BCUT2D eigenvalue weighted by molar-refractivity contribution is -0.118. The highest BCUT2D eigenvalue weighted by atomic mass is 32.2. The number of ether oxygens (including phenoxy) is 1. The zero-order chi connectivity index (χ0) is 15.9. The molecule has 1 heterocycles. The van der Waals surface area contributed by atoms with Crippen molar-refractivity contribution in [3.8, 4) is 11.3 Å². The summed E-state index contributed by atoms with van der Waals surface area (Å²) in [7, 11) is 1.59. The second-order valence-corrected chi connectivity index (χ2v) is 6.43. The first kappa shape index (κ1) is 16.5. The van der Waals surface area contributed by atoms with Crippen LogP contribution in [0.3, 0.4) is 0 Å². The minimum absolute atomic E-state index is 0.0841. The Morgan fingerprint density at radius 1 is 1.32 bits per heavy atom. The van der Waals surface area contributed by atoms with Crippen molar-refractivity contribution in [3.05, 3.63) is 35.2 Å². The monoisotopic (exact) mass is 336 g/mol. The fraction of sp³-hybridized carbons (Fsp3) is 0.267. The van der Waals surface area contributed by atoms with Gasteiger partial charge >= 0.3 is 5.97 Å². The number of hydrogen-bond acceptors (Lipinski definition) is 6. The van der Waals surface area contributed by atoms with Gasteiger partial charge in [0.2, 0.25) is 5.91 Å². The van der Waals surface area contributed by atoms with Crippen LogP contribution >= 0.6 is 23.1 Å². The van der Waals surface area contributed by atoms with E-state index in [-0.39, 0.29) is 17.6 Å². The molecule has 5 nitrogen and oxygen atoms in total. The van der Waals surface area contributed by atoms with Gasteiger partial charge in [0.05, 0.1) is 18.1 Å². The Morgan fingerprint density at radius 3 is 2.68 bits per heavy atom. The predicted molar refractivity (Wildman–Crippen MR) is 88.3 cm³/mol. The van der Waals surface area contributed by atoms with Gasteiger partial charge in [0.15, 0.2) is 4.34 Å². The van der Waals surface area contributed by atoms with Crippen LogP contribution in [0.5, 0.6) is 0 Å². The Labute approximate surface area is 137 Å². The van der Waals surface area contributed by atoms with E-state index in [4.69, 9.17) is 4.74 Å². The minimum Gasteiger partial charge on any atom is -0.462 e. The fourth-order valence-corrected chi connectivity index (χ4v) is 3.62. The summed E-state index contributed by atoms with van der Waals surface area (Å²) in [4.78, 5) is 28.4. The summed E-state index contributed by atoms with van der Waals surface area (Å²) >= 11 is 2.56. The summed E-state index contributed by atoms with van der Waals surface area (Å²) in [5, 5.41) is 2.56. The molecule has 22 heavy (non-hydrogen) atoms. The van der Waals surface area contributed by atoms with E-state index in [1.54, 1.807) is 14.0 Å². The lowest BCUT2D eigenvalue weighted by Gasteiger charge is -2.01. The van der Waals surface area contributed by atoms with E-state index < -0.39 is 0 Å². The van der Waals surface area contributed by atoms with Crippen LogP contribution in [-0.4, -0.2) is 36.3 Å². The Hall–Kier alpha value is -1.86. The molecule has 0 spiro atoms. The van der Waals surface area contributed by atoms with Crippen LogP contribution in [0.2, 0.25) is 0 Å². The van der Waals surface area contributed by atoms with E-state index in [0.29, 0.717) is 21.5 Å². The third-order valence-corrected chi connectivity index (χ3v) is 4.90. The maximum Gasteiger partial charge on any atom is 0.350 e. The molecule has 0 unspecified atom stereocenters. The van der Waals surface area contributed by atoms with Crippen molar-refractivity contribution in [1.82, 2.24) is 10.3 Å². The molecular formula is C15H16N2O3S2. The van der Waals surface area contributed by atoms with Gasteiger partial charge in [0.1, 0.15) is 4.88 Å². The zero-order valence-electron chi connectivity index (χ0n) is 12.3. The molecule has 0 fully saturated rings. The molecule has 0 bridgehead atoms. The Morgan fingerprint density at radius 2 is 2.05 bits per heavy atom. The van der Waals surface area contributed by atoms with Gasteiger partial charge in [-0.15, -0.1) is 0 Å². The molecule has 1 aromatic heterocycles. The van der Waals surface area contributed by atoms with Gasteiger partial charge in [-0.1, -0.05) is 53.4 Å². The van der Waals surface area contributed by atoms with Crippen LogP contribution in [0, 0.1) is 0 Å². The van der Waals surface area contributed by atoms with E-state index in [2.05, 4.69) is 10.3 Å². The third kappa shape index (κ3) is 4.08. The summed E-state index contributed by atoms with van der Waals surface area (Å²) in [5.74, 6) is -0.203. The SMILES string of the molecule is CCOC(=O)c1sc(SCC(=O)NC)nc1-c1ccccc1. The first-order chi connectivity index (χ1) is 10.7. The second kappa shape index (κ2) is 7.95. The molecule has 0 saturated carbocycles. The van der Waals surface area contributed by atoms with E-state index in [0.717, 1.165) is 5.56 Å². The minimum atomic E-state index is -0.384. The Bertz CT molecular complexity index is 656. The van der Waals surface area contributed by atoms with Crippen LogP contribution in [0.4, 0.5) is 0 Å². The molecule has 1 aromatic carbocycles.